The third kappa shape index (κ3) is 4.30. The summed E-state index contributed by atoms with van der Waals surface area (Å²) in [7, 11) is 0. The van der Waals surface area contributed by atoms with E-state index >= 15 is 0 Å². The van der Waals surface area contributed by atoms with Crippen molar-refractivity contribution in [1.29, 1.82) is 0 Å². The van der Waals surface area contributed by atoms with E-state index in [0.29, 0.717) is 12.5 Å². The highest BCUT2D eigenvalue weighted by Crippen LogP contribution is 2.18. The van der Waals surface area contributed by atoms with Crippen LogP contribution in [0.3, 0.4) is 0 Å². The summed E-state index contributed by atoms with van der Waals surface area (Å²) in [5.41, 5.74) is 2.31. The summed E-state index contributed by atoms with van der Waals surface area (Å²) in [5.74, 6) is 2.14. The number of nitrogens with zero attached hydrogens (tertiary/aromatic N) is 5. The molecule has 0 aromatic carbocycles. The van der Waals surface area contributed by atoms with E-state index in [2.05, 4.69) is 33.7 Å². The standard InChI is InChI=1S/C20H29N5O2/c1-15(2)18-13-21-19(27-18)14-24-8-6-23(7-9-24)10-11-25-20(26)12-16-4-3-5-17(16)22-25/h12-13,15H,3-11,14H2,1-2H3. The van der Waals surface area contributed by atoms with E-state index < -0.39 is 0 Å². The fraction of sp³-hybridized carbons (Fsp3) is 0.650. The predicted molar refractivity (Wildman–Crippen MR) is 103 cm³/mol. The van der Waals surface area contributed by atoms with Crippen LogP contribution in [-0.4, -0.2) is 57.3 Å². The van der Waals surface area contributed by atoms with Gasteiger partial charge >= 0.3 is 0 Å². The Morgan fingerprint density at radius 2 is 1.89 bits per heavy atom. The molecule has 0 amide bonds. The molecule has 3 heterocycles. The molecule has 1 fully saturated rings. The lowest BCUT2D eigenvalue weighted by atomic mass is 10.2. The van der Waals surface area contributed by atoms with Crippen LogP contribution in [0.2, 0.25) is 0 Å². The van der Waals surface area contributed by atoms with E-state index in [1.807, 2.05) is 6.20 Å². The molecule has 27 heavy (non-hydrogen) atoms. The smallest absolute Gasteiger partial charge is 0.267 e. The first-order valence-corrected chi connectivity index (χ1v) is 10.1. The number of hydrogen-bond acceptors (Lipinski definition) is 6. The Morgan fingerprint density at radius 3 is 2.63 bits per heavy atom. The summed E-state index contributed by atoms with van der Waals surface area (Å²) < 4.78 is 7.47. The molecule has 0 spiro atoms. The van der Waals surface area contributed by atoms with Crippen LogP contribution in [0.4, 0.5) is 0 Å². The summed E-state index contributed by atoms with van der Waals surface area (Å²) in [6.07, 6.45) is 4.98. The zero-order valence-electron chi connectivity index (χ0n) is 16.4. The topological polar surface area (TPSA) is 67.4 Å². The molecule has 7 heteroatoms. The number of rotatable bonds is 6. The van der Waals surface area contributed by atoms with Gasteiger partial charge in [-0.05, 0) is 24.8 Å². The fourth-order valence-corrected chi connectivity index (χ4v) is 3.86. The number of aromatic nitrogens is 3. The molecule has 1 aliphatic heterocycles. The summed E-state index contributed by atoms with van der Waals surface area (Å²) >= 11 is 0. The quantitative estimate of drug-likeness (QED) is 0.769. The molecule has 0 atom stereocenters. The van der Waals surface area contributed by atoms with Gasteiger partial charge in [-0.1, -0.05) is 13.8 Å². The lowest BCUT2D eigenvalue weighted by molar-refractivity contribution is 0.114. The van der Waals surface area contributed by atoms with Crippen molar-refractivity contribution in [3.63, 3.8) is 0 Å². The number of fused-ring (bicyclic) bond motifs is 1. The van der Waals surface area contributed by atoms with E-state index in [1.165, 1.54) is 0 Å². The third-order valence-electron chi connectivity index (χ3n) is 5.62. The van der Waals surface area contributed by atoms with Crippen LogP contribution in [0, 0.1) is 0 Å². The Kier molecular flexibility index (Phi) is 5.41. The Morgan fingerprint density at radius 1 is 1.11 bits per heavy atom. The Hall–Kier alpha value is -1.99. The molecule has 2 aromatic heterocycles. The monoisotopic (exact) mass is 371 g/mol. The van der Waals surface area contributed by atoms with Crippen molar-refractivity contribution >= 4 is 0 Å². The second-order valence-electron chi connectivity index (χ2n) is 7.96. The van der Waals surface area contributed by atoms with Crippen LogP contribution in [0.25, 0.3) is 0 Å². The number of aryl methyl sites for hydroxylation is 2. The molecule has 2 aliphatic rings. The van der Waals surface area contributed by atoms with Crippen LogP contribution < -0.4 is 5.56 Å². The van der Waals surface area contributed by atoms with Crippen LogP contribution in [0.5, 0.6) is 0 Å². The average molecular weight is 371 g/mol. The highest BCUT2D eigenvalue weighted by molar-refractivity contribution is 5.22. The molecule has 0 bridgehead atoms. The predicted octanol–water partition coefficient (Wildman–Crippen LogP) is 1.66. The van der Waals surface area contributed by atoms with Crippen LogP contribution in [0.15, 0.2) is 21.5 Å². The minimum Gasteiger partial charge on any atom is -0.444 e. The second kappa shape index (κ2) is 7.94. The van der Waals surface area contributed by atoms with Crippen molar-refractivity contribution < 1.29 is 4.42 Å². The van der Waals surface area contributed by atoms with Crippen molar-refractivity contribution in [2.75, 3.05) is 32.7 Å². The van der Waals surface area contributed by atoms with E-state index in [0.717, 1.165) is 81.4 Å². The number of hydrogen-bond donors (Lipinski definition) is 0. The first kappa shape index (κ1) is 18.4. The Labute approximate surface area is 160 Å². The van der Waals surface area contributed by atoms with E-state index in [4.69, 9.17) is 4.42 Å². The third-order valence-corrected chi connectivity index (χ3v) is 5.62. The van der Waals surface area contributed by atoms with Crippen LogP contribution in [-0.2, 0) is 25.9 Å². The summed E-state index contributed by atoms with van der Waals surface area (Å²) in [4.78, 5) is 21.4. The normalized spacial score (nSPS) is 18.3. The Bertz CT molecular complexity index is 833. The van der Waals surface area contributed by atoms with Gasteiger partial charge in [0.05, 0.1) is 25.0 Å². The molecular formula is C20H29N5O2. The zero-order valence-corrected chi connectivity index (χ0v) is 16.4. The largest absolute Gasteiger partial charge is 0.444 e. The van der Waals surface area contributed by atoms with E-state index in [9.17, 15) is 4.79 Å². The van der Waals surface area contributed by atoms with Crippen molar-refractivity contribution in [1.82, 2.24) is 24.6 Å². The SMILES string of the molecule is CC(C)c1cnc(CN2CCN(CCn3nc4c(cc3=O)CCC4)CC2)o1. The molecule has 7 nitrogen and oxygen atoms in total. The fourth-order valence-electron chi connectivity index (χ4n) is 3.86. The summed E-state index contributed by atoms with van der Waals surface area (Å²) in [5, 5.41) is 4.57. The molecule has 2 aromatic rings. The van der Waals surface area contributed by atoms with Crippen molar-refractivity contribution in [2.45, 2.75) is 52.1 Å². The highest BCUT2D eigenvalue weighted by atomic mass is 16.4. The van der Waals surface area contributed by atoms with Gasteiger partial charge in [-0.2, -0.15) is 5.10 Å². The molecule has 1 saturated heterocycles. The molecule has 146 valence electrons. The highest BCUT2D eigenvalue weighted by Gasteiger charge is 2.20. The first-order valence-electron chi connectivity index (χ1n) is 10.1. The molecular weight excluding hydrogens is 342 g/mol. The van der Waals surface area contributed by atoms with Crippen molar-refractivity contribution in [3.8, 4) is 0 Å². The lowest BCUT2D eigenvalue weighted by Crippen LogP contribution is -2.47. The van der Waals surface area contributed by atoms with Gasteiger partial charge < -0.3 is 4.42 Å². The zero-order chi connectivity index (χ0) is 18.8. The average Bonchev–Trinajstić information content (AvgIpc) is 3.30. The van der Waals surface area contributed by atoms with Gasteiger partial charge in [0.1, 0.15) is 5.76 Å². The maximum atomic E-state index is 12.2. The van der Waals surface area contributed by atoms with Gasteiger partial charge in [0.25, 0.3) is 5.56 Å². The second-order valence-corrected chi connectivity index (χ2v) is 7.96. The van der Waals surface area contributed by atoms with Gasteiger partial charge in [0.2, 0.25) is 5.89 Å². The first-order chi connectivity index (χ1) is 13.1. The number of oxazole rings is 1. The van der Waals surface area contributed by atoms with Gasteiger partial charge in [0.15, 0.2) is 0 Å². The maximum absolute atomic E-state index is 12.2. The van der Waals surface area contributed by atoms with Gasteiger partial charge in [-0.15, -0.1) is 0 Å². The van der Waals surface area contributed by atoms with Crippen LogP contribution in [0.1, 0.15) is 49.1 Å². The lowest BCUT2D eigenvalue weighted by Gasteiger charge is -2.33. The van der Waals surface area contributed by atoms with Gasteiger partial charge in [-0.3, -0.25) is 14.6 Å². The molecule has 0 unspecified atom stereocenters. The number of piperazine rings is 1. The van der Waals surface area contributed by atoms with Crippen molar-refractivity contribution in [3.05, 3.63) is 45.5 Å². The van der Waals surface area contributed by atoms with E-state index in [-0.39, 0.29) is 5.56 Å². The summed E-state index contributed by atoms with van der Waals surface area (Å²) in [6.45, 7) is 10.5. The summed E-state index contributed by atoms with van der Waals surface area (Å²) in [6, 6.07) is 1.79. The van der Waals surface area contributed by atoms with Gasteiger partial charge in [0, 0.05) is 44.7 Å². The maximum Gasteiger partial charge on any atom is 0.267 e. The van der Waals surface area contributed by atoms with Crippen molar-refractivity contribution in [2.24, 2.45) is 0 Å². The molecule has 0 radical (unpaired) electrons. The molecule has 0 saturated carbocycles. The van der Waals surface area contributed by atoms with E-state index in [1.54, 1.807) is 10.7 Å². The Balaban J connectivity index is 1.25. The minimum atomic E-state index is 0.0409. The van der Waals surface area contributed by atoms with Gasteiger partial charge in [-0.25, -0.2) is 9.67 Å². The molecule has 1 aliphatic carbocycles. The molecule has 0 N–H and O–H groups in total. The minimum absolute atomic E-state index is 0.0409. The molecule has 4 rings (SSSR count). The van der Waals surface area contributed by atoms with Crippen LogP contribution >= 0.6 is 0 Å².